The zero-order valence-electron chi connectivity index (χ0n) is 13.0. The maximum atomic E-state index is 11.8. The number of carbonyl (C=O) groups excluding carboxylic acids is 1. The molecule has 114 valence electrons. The van der Waals surface area contributed by atoms with E-state index in [4.69, 9.17) is 4.74 Å². The number of carbonyl (C=O) groups is 1. The summed E-state index contributed by atoms with van der Waals surface area (Å²) in [5, 5.41) is 0. The van der Waals surface area contributed by atoms with Crippen molar-refractivity contribution in [3.05, 3.63) is 64.5 Å². The van der Waals surface area contributed by atoms with Crippen LogP contribution >= 0.6 is 0 Å². The zero-order chi connectivity index (χ0) is 15.5. The minimum Gasteiger partial charge on any atom is -0.465 e. The van der Waals surface area contributed by atoms with Crippen LogP contribution in [0.25, 0.3) is 0 Å². The Morgan fingerprint density at radius 3 is 2.82 bits per heavy atom. The number of methoxy groups -OCH3 is 1. The van der Waals surface area contributed by atoms with Crippen molar-refractivity contribution in [3.8, 4) is 0 Å². The third kappa shape index (κ3) is 2.88. The van der Waals surface area contributed by atoms with Crippen molar-refractivity contribution >= 4 is 5.97 Å². The fourth-order valence-corrected chi connectivity index (χ4v) is 3.02. The minimum atomic E-state index is -0.306. The fraction of sp³-hybridized carbons (Fsp3) is 0.333. The number of pyridine rings is 1. The van der Waals surface area contributed by atoms with Crippen molar-refractivity contribution in [2.24, 2.45) is 0 Å². The number of hydrogen-bond acceptors (Lipinski definition) is 4. The molecule has 1 aromatic heterocycles. The molecule has 4 heteroatoms. The lowest BCUT2D eigenvalue weighted by Gasteiger charge is -2.29. The molecule has 0 aliphatic carbocycles. The SMILES string of the molecule is COC(=O)c1cnc2c(c1C)CCN(Cc1ccccc1)C2. The summed E-state index contributed by atoms with van der Waals surface area (Å²) in [6.07, 6.45) is 2.57. The number of nitrogens with zero attached hydrogens (tertiary/aromatic N) is 2. The van der Waals surface area contributed by atoms with Gasteiger partial charge in [-0.15, -0.1) is 0 Å². The second-order valence-corrected chi connectivity index (χ2v) is 5.66. The average molecular weight is 296 g/mol. The van der Waals surface area contributed by atoms with Gasteiger partial charge in [-0.25, -0.2) is 4.79 Å². The molecule has 0 atom stereocenters. The predicted molar refractivity (Wildman–Crippen MR) is 84.6 cm³/mol. The van der Waals surface area contributed by atoms with Gasteiger partial charge < -0.3 is 4.74 Å². The highest BCUT2D eigenvalue weighted by atomic mass is 16.5. The van der Waals surface area contributed by atoms with Crippen LogP contribution in [0.2, 0.25) is 0 Å². The Bertz CT molecular complexity index is 683. The van der Waals surface area contributed by atoms with E-state index in [-0.39, 0.29) is 5.97 Å². The second kappa shape index (κ2) is 6.28. The number of fused-ring (bicyclic) bond motifs is 1. The van der Waals surface area contributed by atoms with Crippen LogP contribution in [-0.2, 0) is 24.2 Å². The molecule has 0 amide bonds. The first kappa shape index (κ1) is 14.7. The lowest BCUT2D eigenvalue weighted by Crippen LogP contribution is -2.31. The molecule has 1 aliphatic heterocycles. The van der Waals surface area contributed by atoms with Crippen molar-refractivity contribution in [2.45, 2.75) is 26.4 Å². The van der Waals surface area contributed by atoms with Gasteiger partial charge in [-0.3, -0.25) is 9.88 Å². The van der Waals surface area contributed by atoms with Crippen molar-refractivity contribution in [3.63, 3.8) is 0 Å². The molecule has 1 aromatic carbocycles. The highest BCUT2D eigenvalue weighted by Gasteiger charge is 2.22. The Hall–Kier alpha value is -2.20. The van der Waals surface area contributed by atoms with Crippen LogP contribution in [0.3, 0.4) is 0 Å². The monoisotopic (exact) mass is 296 g/mol. The van der Waals surface area contributed by atoms with Crippen molar-refractivity contribution in [2.75, 3.05) is 13.7 Å². The maximum absolute atomic E-state index is 11.8. The largest absolute Gasteiger partial charge is 0.465 e. The molecule has 0 spiro atoms. The Kier molecular flexibility index (Phi) is 4.20. The van der Waals surface area contributed by atoms with Crippen molar-refractivity contribution in [1.29, 1.82) is 0 Å². The highest BCUT2D eigenvalue weighted by Crippen LogP contribution is 2.24. The Morgan fingerprint density at radius 2 is 2.09 bits per heavy atom. The number of esters is 1. The van der Waals surface area contributed by atoms with Crippen LogP contribution in [0.1, 0.15) is 32.7 Å². The van der Waals surface area contributed by atoms with Gasteiger partial charge in [0.05, 0.1) is 18.4 Å². The summed E-state index contributed by atoms with van der Waals surface area (Å²) in [5.41, 5.74) is 5.18. The van der Waals surface area contributed by atoms with Gasteiger partial charge in [-0.05, 0) is 30.0 Å². The summed E-state index contributed by atoms with van der Waals surface area (Å²) in [6, 6.07) is 10.5. The summed E-state index contributed by atoms with van der Waals surface area (Å²) in [6.45, 7) is 4.72. The van der Waals surface area contributed by atoms with E-state index in [0.717, 1.165) is 37.3 Å². The Balaban J connectivity index is 1.79. The van der Waals surface area contributed by atoms with Crippen LogP contribution in [0.4, 0.5) is 0 Å². The van der Waals surface area contributed by atoms with Gasteiger partial charge in [0.1, 0.15) is 0 Å². The topological polar surface area (TPSA) is 42.4 Å². The molecule has 4 nitrogen and oxygen atoms in total. The Morgan fingerprint density at radius 1 is 1.32 bits per heavy atom. The van der Waals surface area contributed by atoms with E-state index in [1.54, 1.807) is 6.20 Å². The summed E-state index contributed by atoms with van der Waals surface area (Å²) >= 11 is 0. The van der Waals surface area contributed by atoms with Gasteiger partial charge in [0.2, 0.25) is 0 Å². The molecule has 0 radical (unpaired) electrons. The number of hydrogen-bond donors (Lipinski definition) is 0. The molecule has 0 saturated carbocycles. The zero-order valence-corrected chi connectivity index (χ0v) is 13.0. The van der Waals surface area contributed by atoms with Gasteiger partial charge in [0.25, 0.3) is 0 Å². The highest BCUT2D eigenvalue weighted by molar-refractivity contribution is 5.91. The summed E-state index contributed by atoms with van der Waals surface area (Å²) in [7, 11) is 1.41. The molecule has 0 N–H and O–H groups in total. The summed E-state index contributed by atoms with van der Waals surface area (Å²) < 4.78 is 4.82. The van der Waals surface area contributed by atoms with E-state index >= 15 is 0 Å². The predicted octanol–water partition coefficient (Wildman–Crippen LogP) is 2.73. The molecule has 1 aliphatic rings. The van der Waals surface area contributed by atoms with Gasteiger partial charge >= 0.3 is 5.97 Å². The second-order valence-electron chi connectivity index (χ2n) is 5.66. The number of benzene rings is 1. The minimum absolute atomic E-state index is 0.306. The third-order valence-corrected chi connectivity index (χ3v) is 4.26. The number of rotatable bonds is 3. The molecule has 0 bridgehead atoms. The Labute approximate surface area is 130 Å². The fourth-order valence-electron chi connectivity index (χ4n) is 3.02. The van der Waals surface area contributed by atoms with E-state index in [1.165, 1.54) is 18.2 Å². The van der Waals surface area contributed by atoms with Crippen LogP contribution in [0.5, 0.6) is 0 Å². The first-order valence-corrected chi connectivity index (χ1v) is 7.51. The van der Waals surface area contributed by atoms with Crippen molar-refractivity contribution < 1.29 is 9.53 Å². The van der Waals surface area contributed by atoms with Crippen LogP contribution < -0.4 is 0 Å². The van der Waals surface area contributed by atoms with Gasteiger partial charge in [-0.2, -0.15) is 0 Å². The van der Waals surface area contributed by atoms with E-state index in [1.807, 2.05) is 13.0 Å². The molecule has 22 heavy (non-hydrogen) atoms. The van der Waals surface area contributed by atoms with E-state index in [2.05, 4.69) is 34.1 Å². The number of ether oxygens (including phenoxy) is 1. The van der Waals surface area contributed by atoms with Gasteiger partial charge in [-0.1, -0.05) is 30.3 Å². The van der Waals surface area contributed by atoms with E-state index in [0.29, 0.717) is 5.56 Å². The van der Waals surface area contributed by atoms with Gasteiger partial charge in [0, 0.05) is 25.8 Å². The van der Waals surface area contributed by atoms with Crippen LogP contribution in [-0.4, -0.2) is 29.5 Å². The van der Waals surface area contributed by atoms with E-state index in [9.17, 15) is 4.79 Å². The molecular formula is C18H20N2O2. The van der Waals surface area contributed by atoms with Crippen LogP contribution in [0, 0.1) is 6.92 Å². The molecule has 3 rings (SSSR count). The molecule has 0 saturated heterocycles. The lowest BCUT2D eigenvalue weighted by atomic mass is 9.96. The molecule has 0 fully saturated rings. The first-order chi connectivity index (χ1) is 10.7. The molecule has 0 unspecified atom stereocenters. The van der Waals surface area contributed by atoms with Crippen LogP contribution in [0.15, 0.2) is 36.5 Å². The van der Waals surface area contributed by atoms with Crippen molar-refractivity contribution in [1.82, 2.24) is 9.88 Å². The molecule has 2 heterocycles. The molecular weight excluding hydrogens is 276 g/mol. The lowest BCUT2D eigenvalue weighted by molar-refractivity contribution is 0.0599. The molecule has 2 aromatic rings. The first-order valence-electron chi connectivity index (χ1n) is 7.51. The standard InChI is InChI=1S/C18H20N2O2/c1-13-15-8-9-20(11-14-6-4-3-5-7-14)12-17(15)19-10-16(13)18(21)22-2/h3-7,10H,8-9,11-12H2,1-2H3. The van der Waals surface area contributed by atoms with E-state index < -0.39 is 0 Å². The quantitative estimate of drug-likeness (QED) is 0.817. The summed E-state index contributed by atoms with van der Waals surface area (Å²) in [4.78, 5) is 18.6. The third-order valence-electron chi connectivity index (χ3n) is 4.26. The normalized spacial score (nSPS) is 14.5. The maximum Gasteiger partial charge on any atom is 0.339 e. The smallest absolute Gasteiger partial charge is 0.339 e. The number of aromatic nitrogens is 1. The average Bonchev–Trinajstić information content (AvgIpc) is 2.55. The summed E-state index contributed by atoms with van der Waals surface area (Å²) in [5.74, 6) is -0.306. The van der Waals surface area contributed by atoms with Gasteiger partial charge in [0.15, 0.2) is 0 Å².